The highest BCUT2D eigenvalue weighted by atomic mass is 16.2. The minimum absolute atomic E-state index is 0.0754. The molecule has 3 unspecified atom stereocenters. The van der Waals surface area contributed by atoms with Crippen molar-refractivity contribution in [1.29, 1.82) is 0 Å². The standard InChI is InChI=1S/C18H30N4O/c1-5-14(2)15(3)20-18(23)22-11-9-21(10-12-22)16(4)17-7-6-8-19-13-17/h6-8,13-16H,5,9-12H2,1-4H3,(H,20,23). The first kappa shape index (κ1) is 17.7. The summed E-state index contributed by atoms with van der Waals surface area (Å²) in [4.78, 5) is 20.9. The molecule has 1 aliphatic rings. The van der Waals surface area contributed by atoms with Crippen molar-refractivity contribution in [3.8, 4) is 0 Å². The van der Waals surface area contributed by atoms with Gasteiger partial charge in [-0.05, 0) is 31.4 Å². The zero-order valence-corrected chi connectivity index (χ0v) is 14.8. The van der Waals surface area contributed by atoms with Crippen molar-refractivity contribution in [2.75, 3.05) is 26.2 Å². The van der Waals surface area contributed by atoms with Gasteiger partial charge in [0.25, 0.3) is 0 Å². The van der Waals surface area contributed by atoms with Crippen molar-refractivity contribution in [2.45, 2.75) is 46.2 Å². The van der Waals surface area contributed by atoms with Gasteiger partial charge in [-0.25, -0.2) is 4.79 Å². The summed E-state index contributed by atoms with van der Waals surface area (Å²) in [5.74, 6) is 0.505. The smallest absolute Gasteiger partial charge is 0.317 e. The van der Waals surface area contributed by atoms with Gasteiger partial charge in [0.2, 0.25) is 0 Å². The predicted molar refractivity (Wildman–Crippen MR) is 93.2 cm³/mol. The van der Waals surface area contributed by atoms with Crippen LogP contribution in [0.15, 0.2) is 24.5 Å². The van der Waals surface area contributed by atoms with E-state index in [1.54, 1.807) is 6.20 Å². The average Bonchev–Trinajstić information content (AvgIpc) is 2.61. The quantitative estimate of drug-likeness (QED) is 0.908. The summed E-state index contributed by atoms with van der Waals surface area (Å²) in [6, 6.07) is 4.73. The number of nitrogens with one attached hydrogen (secondary N) is 1. The van der Waals surface area contributed by atoms with Crippen molar-refractivity contribution >= 4 is 6.03 Å². The Morgan fingerprint density at radius 3 is 2.52 bits per heavy atom. The maximum Gasteiger partial charge on any atom is 0.317 e. The predicted octanol–water partition coefficient (Wildman–Crippen LogP) is 2.90. The monoisotopic (exact) mass is 318 g/mol. The average molecular weight is 318 g/mol. The molecule has 0 radical (unpaired) electrons. The van der Waals surface area contributed by atoms with Crippen LogP contribution in [0.4, 0.5) is 4.79 Å². The zero-order chi connectivity index (χ0) is 16.8. The molecule has 1 aliphatic heterocycles. The van der Waals surface area contributed by atoms with Gasteiger partial charge in [-0.2, -0.15) is 0 Å². The second-order valence-corrected chi connectivity index (χ2v) is 6.61. The summed E-state index contributed by atoms with van der Waals surface area (Å²) in [5, 5.41) is 3.13. The van der Waals surface area contributed by atoms with Crippen LogP contribution in [-0.2, 0) is 0 Å². The summed E-state index contributed by atoms with van der Waals surface area (Å²) in [5.41, 5.74) is 1.23. The Bertz CT molecular complexity index is 485. The molecule has 0 bridgehead atoms. The van der Waals surface area contributed by atoms with Gasteiger partial charge in [-0.3, -0.25) is 9.88 Å². The molecule has 2 rings (SSSR count). The van der Waals surface area contributed by atoms with Gasteiger partial charge in [0.05, 0.1) is 0 Å². The minimum atomic E-state index is 0.0754. The fourth-order valence-electron chi connectivity index (χ4n) is 2.93. The van der Waals surface area contributed by atoms with Gasteiger partial charge in [0, 0.05) is 50.7 Å². The number of piperazine rings is 1. The molecule has 0 saturated carbocycles. The van der Waals surface area contributed by atoms with E-state index in [1.165, 1.54) is 5.56 Å². The Morgan fingerprint density at radius 2 is 1.96 bits per heavy atom. The highest BCUT2D eigenvalue weighted by Gasteiger charge is 2.25. The number of pyridine rings is 1. The number of nitrogens with zero attached hydrogens (tertiary/aromatic N) is 3. The summed E-state index contributed by atoms with van der Waals surface area (Å²) in [6.45, 7) is 12.0. The summed E-state index contributed by atoms with van der Waals surface area (Å²) in [7, 11) is 0. The van der Waals surface area contributed by atoms with Crippen LogP contribution in [0.5, 0.6) is 0 Å². The lowest BCUT2D eigenvalue weighted by Gasteiger charge is -2.38. The molecule has 1 aromatic rings. The van der Waals surface area contributed by atoms with E-state index in [2.05, 4.69) is 49.0 Å². The molecule has 1 aromatic heterocycles. The van der Waals surface area contributed by atoms with E-state index in [-0.39, 0.29) is 12.1 Å². The maximum absolute atomic E-state index is 12.4. The lowest BCUT2D eigenvalue weighted by molar-refractivity contribution is 0.111. The number of rotatable bonds is 5. The lowest BCUT2D eigenvalue weighted by atomic mass is 10.0. The molecule has 0 aliphatic carbocycles. The lowest BCUT2D eigenvalue weighted by Crippen LogP contribution is -2.54. The van der Waals surface area contributed by atoms with Gasteiger partial charge in [0.15, 0.2) is 0 Å². The van der Waals surface area contributed by atoms with Crippen molar-refractivity contribution in [1.82, 2.24) is 20.1 Å². The molecule has 0 spiro atoms. The Kier molecular flexibility index (Phi) is 6.39. The summed E-state index contributed by atoms with van der Waals surface area (Å²) in [6.07, 6.45) is 4.81. The molecule has 23 heavy (non-hydrogen) atoms. The number of hydrogen-bond donors (Lipinski definition) is 1. The number of hydrogen-bond acceptors (Lipinski definition) is 3. The molecular formula is C18H30N4O. The van der Waals surface area contributed by atoms with E-state index >= 15 is 0 Å². The van der Waals surface area contributed by atoms with Crippen LogP contribution >= 0.6 is 0 Å². The Balaban J connectivity index is 1.82. The van der Waals surface area contributed by atoms with E-state index in [4.69, 9.17) is 0 Å². The number of amides is 2. The highest BCUT2D eigenvalue weighted by Crippen LogP contribution is 2.20. The number of urea groups is 1. The Morgan fingerprint density at radius 1 is 1.26 bits per heavy atom. The second-order valence-electron chi connectivity index (χ2n) is 6.61. The van der Waals surface area contributed by atoms with Gasteiger partial charge in [-0.1, -0.05) is 26.3 Å². The van der Waals surface area contributed by atoms with Crippen LogP contribution in [-0.4, -0.2) is 53.0 Å². The first-order chi connectivity index (χ1) is 11.0. The Labute approximate surface area is 140 Å². The topological polar surface area (TPSA) is 48.5 Å². The van der Waals surface area contributed by atoms with Crippen LogP contribution in [0.25, 0.3) is 0 Å². The molecule has 2 heterocycles. The maximum atomic E-state index is 12.4. The molecule has 2 amide bonds. The van der Waals surface area contributed by atoms with E-state index in [0.717, 1.165) is 32.6 Å². The van der Waals surface area contributed by atoms with Crippen LogP contribution in [0.2, 0.25) is 0 Å². The highest BCUT2D eigenvalue weighted by molar-refractivity contribution is 5.74. The fourth-order valence-corrected chi connectivity index (χ4v) is 2.93. The van der Waals surface area contributed by atoms with Gasteiger partial charge >= 0.3 is 6.03 Å². The Hall–Kier alpha value is -1.62. The minimum Gasteiger partial charge on any atom is -0.335 e. The van der Waals surface area contributed by atoms with Crippen LogP contribution < -0.4 is 5.32 Å². The normalized spacial score (nSPS) is 19.9. The molecule has 1 fully saturated rings. The molecule has 5 heteroatoms. The summed E-state index contributed by atoms with van der Waals surface area (Å²) >= 11 is 0. The third-order valence-electron chi connectivity index (χ3n) is 5.16. The van der Waals surface area contributed by atoms with Crippen molar-refractivity contribution < 1.29 is 4.79 Å². The second kappa shape index (κ2) is 8.29. The summed E-state index contributed by atoms with van der Waals surface area (Å²) < 4.78 is 0. The third-order valence-corrected chi connectivity index (χ3v) is 5.16. The van der Waals surface area contributed by atoms with E-state index in [1.807, 2.05) is 17.2 Å². The molecular weight excluding hydrogens is 288 g/mol. The zero-order valence-electron chi connectivity index (χ0n) is 14.8. The van der Waals surface area contributed by atoms with Crippen LogP contribution in [0, 0.1) is 5.92 Å². The van der Waals surface area contributed by atoms with Gasteiger partial charge < -0.3 is 10.2 Å². The first-order valence-electron chi connectivity index (χ1n) is 8.72. The number of aromatic nitrogens is 1. The van der Waals surface area contributed by atoms with Crippen LogP contribution in [0.3, 0.4) is 0 Å². The van der Waals surface area contributed by atoms with Crippen molar-refractivity contribution in [3.05, 3.63) is 30.1 Å². The third kappa shape index (κ3) is 4.67. The molecule has 1 saturated heterocycles. The molecule has 3 atom stereocenters. The molecule has 5 nitrogen and oxygen atoms in total. The largest absolute Gasteiger partial charge is 0.335 e. The number of carbonyl (C=O) groups excluding carboxylic acids is 1. The SMILES string of the molecule is CCC(C)C(C)NC(=O)N1CCN(C(C)c2cccnc2)CC1. The van der Waals surface area contributed by atoms with E-state index in [0.29, 0.717) is 12.0 Å². The van der Waals surface area contributed by atoms with Crippen molar-refractivity contribution in [3.63, 3.8) is 0 Å². The first-order valence-corrected chi connectivity index (χ1v) is 8.72. The number of carbonyl (C=O) groups is 1. The van der Waals surface area contributed by atoms with E-state index < -0.39 is 0 Å². The molecule has 1 N–H and O–H groups in total. The van der Waals surface area contributed by atoms with Crippen molar-refractivity contribution in [2.24, 2.45) is 5.92 Å². The van der Waals surface area contributed by atoms with Gasteiger partial charge in [0.1, 0.15) is 0 Å². The fraction of sp³-hybridized carbons (Fsp3) is 0.667. The van der Waals surface area contributed by atoms with Crippen LogP contribution in [0.1, 0.15) is 45.7 Å². The van der Waals surface area contributed by atoms with Gasteiger partial charge in [-0.15, -0.1) is 0 Å². The molecule has 128 valence electrons. The molecule has 0 aromatic carbocycles. The van der Waals surface area contributed by atoms with E-state index in [9.17, 15) is 4.79 Å².